The van der Waals surface area contributed by atoms with E-state index in [0.29, 0.717) is 11.1 Å². The Morgan fingerprint density at radius 2 is 1.12 bits per heavy atom. The monoisotopic (exact) mass is 313 g/mol. The van der Waals surface area contributed by atoms with Gasteiger partial charge in [-0.2, -0.15) is 0 Å². The van der Waals surface area contributed by atoms with Gasteiger partial charge < -0.3 is 0 Å². The Labute approximate surface area is 140 Å². The van der Waals surface area contributed by atoms with Crippen molar-refractivity contribution in [2.45, 2.75) is 0 Å². The Kier molecular flexibility index (Phi) is 3.28. The molecule has 0 fully saturated rings. The van der Waals surface area contributed by atoms with Crippen molar-refractivity contribution < 1.29 is 9.59 Å². The molecule has 0 radical (unpaired) electrons. The Hall–Kier alpha value is -3.20. The van der Waals surface area contributed by atoms with Crippen LogP contribution in [0.4, 0.5) is 0 Å². The molecule has 3 heteroatoms. The average Bonchev–Trinajstić information content (AvgIpc) is 2.87. The topological polar surface area (TPSA) is 37.4 Å². The van der Waals surface area contributed by atoms with E-state index < -0.39 is 0 Å². The van der Waals surface area contributed by atoms with Crippen molar-refractivity contribution in [2.24, 2.45) is 0 Å². The molecule has 3 aromatic rings. The number of carbonyl (C=O) groups is 2. The third kappa shape index (κ3) is 2.06. The molecule has 1 aliphatic rings. The number of rotatable bonds is 2. The van der Waals surface area contributed by atoms with E-state index in [4.69, 9.17) is 0 Å². The molecule has 1 aliphatic heterocycles. The fourth-order valence-corrected chi connectivity index (χ4v) is 3.21. The second kappa shape index (κ2) is 5.46. The highest BCUT2D eigenvalue weighted by Crippen LogP contribution is 2.39. The summed E-state index contributed by atoms with van der Waals surface area (Å²) < 4.78 is 0. The van der Waals surface area contributed by atoms with Crippen LogP contribution in [0.15, 0.2) is 72.8 Å². The number of nitrogens with zero attached hydrogens (tertiary/aromatic N) is 1. The lowest BCUT2D eigenvalue weighted by molar-refractivity contribution is 0.0693. The Morgan fingerprint density at radius 1 is 0.583 bits per heavy atom. The van der Waals surface area contributed by atoms with Gasteiger partial charge in [-0.05, 0) is 22.8 Å². The van der Waals surface area contributed by atoms with E-state index in [9.17, 15) is 9.59 Å². The van der Waals surface area contributed by atoms with E-state index in [2.05, 4.69) is 0 Å². The van der Waals surface area contributed by atoms with Crippen LogP contribution in [0.25, 0.3) is 22.3 Å². The van der Waals surface area contributed by atoms with Gasteiger partial charge in [0.1, 0.15) is 0 Å². The second-order valence-electron chi connectivity index (χ2n) is 5.81. The molecule has 3 nitrogen and oxygen atoms in total. The summed E-state index contributed by atoms with van der Waals surface area (Å²) in [6, 6.07) is 23.4. The molecule has 3 aromatic carbocycles. The highest BCUT2D eigenvalue weighted by Gasteiger charge is 2.36. The first kappa shape index (κ1) is 14.4. The number of hydrogen-bond acceptors (Lipinski definition) is 2. The molecule has 0 N–H and O–H groups in total. The Bertz CT molecular complexity index is 946. The molecular weight excluding hydrogens is 298 g/mol. The highest BCUT2D eigenvalue weighted by molar-refractivity contribution is 6.25. The lowest BCUT2D eigenvalue weighted by Crippen LogP contribution is -2.24. The number of carbonyl (C=O) groups excluding carboxylic acids is 2. The quantitative estimate of drug-likeness (QED) is 0.663. The standard InChI is InChI=1S/C21H15NO2/c1-22-20(23)17-13-12-16(14-8-4-2-5-9-14)18(19(17)21(22)24)15-10-6-3-7-11-15/h2-13H,1H3. The first-order valence-electron chi connectivity index (χ1n) is 7.78. The molecule has 1 heterocycles. The van der Waals surface area contributed by atoms with Gasteiger partial charge in [-0.15, -0.1) is 0 Å². The molecule has 0 aliphatic carbocycles. The number of benzene rings is 3. The summed E-state index contributed by atoms with van der Waals surface area (Å²) in [4.78, 5) is 26.2. The molecule has 0 saturated carbocycles. The maximum absolute atomic E-state index is 12.7. The zero-order chi connectivity index (χ0) is 16.7. The van der Waals surface area contributed by atoms with Crippen LogP contribution >= 0.6 is 0 Å². The maximum Gasteiger partial charge on any atom is 0.261 e. The van der Waals surface area contributed by atoms with Gasteiger partial charge in [-0.1, -0.05) is 66.7 Å². The maximum atomic E-state index is 12.7. The lowest BCUT2D eigenvalue weighted by atomic mass is 9.88. The molecule has 2 amide bonds. The molecular formula is C21H15NO2. The van der Waals surface area contributed by atoms with Crippen molar-refractivity contribution in [2.75, 3.05) is 7.05 Å². The molecule has 0 saturated heterocycles. The summed E-state index contributed by atoms with van der Waals surface area (Å²) in [5.74, 6) is -0.488. The fraction of sp³-hybridized carbons (Fsp3) is 0.0476. The van der Waals surface area contributed by atoms with Crippen LogP contribution in [0.3, 0.4) is 0 Å². The molecule has 24 heavy (non-hydrogen) atoms. The van der Waals surface area contributed by atoms with Crippen molar-refractivity contribution >= 4 is 11.8 Å². The summed E-state index contributed by atoms with van der Waals surface area (Å²) in [7, 11) is 1.53. The predicted molar refractivity (Wildman–Crippen MR) is 93.7 cm³/mol. The van der Waals surface area contributed by atoms with Gasteiger partial charge >= 0.3 is 0 Å². The summed E-state index contributed by atoms with van der Waals surface area (Å²) in [6.45, 7) is 0. The van der Waals surface area contributed by atoms with Gasteiger partial charge in [0.25, 0.3) is 11.8 Å². The van der Waals surface area contributed by atoms with Crippen LogP contribution in [0.2, 0.25) is 0 Å². The van der Waals surface area contributed by atoms with Gasteiger partial charge in [0.15, 0.2) is 0 Å². The van der Waals surface area contributed by atoms with Crippen molar-refractivity contribution in [3.05, 3.63) is 83.9 Å². The summed E-state index contributed by atoms with van der Waals surface area (Å²) in [6.07, 6.45) is 0. The van der Waals surface area contributed by atoms with E-state index in [-0.39, 0.29) is 11.8 Å². The third-order valence-electron chi connectivity index (χ3n) is 4.41. The second-order valence-corrected chi connectivity index (χ2v) is 5.81. The van der Waals surface area contributed by atoms with E-state index in [1.165, 1.54) is 11.9 Å². The minimum Gasteiger partial charge on any atom is -0.277 e. The van der Waals surface area contributed by atoms with E-state index in [1.54, 1.807) is 6.07 Å². The normalized spacial score (nSPS) is 13.3. The summed E-state index contributed by atoms with van der Waals surface area (Å²) >= 11 is 0. The molecule has 0 bridgehead atoms. The van der Waals surface area contributed by atoms with Gasteiger partial charge in [0.2, 0.25) is 0 Å². The molecule has 0 unspecified atom stereocenters. The largest absolute Gasteiger partial charge is 0.277 e. The van der Waals surface area contributed by atoms with Gasteiger partial charge in [0.05, 0.1) is 11.1 Å². The number of amides is 2. The Morgan fingerprint density at radius 3 is 1.75 bits per heavy atom. The zero-order valence-electron chi connectivity index (χ0n) is 13.2. The summed E-state index contributed by atoms with van der Waals surface area (Å²) in [5.41, 5.74) is 4.70. The molecule has 0 aromatic heterocycles. The van der Waals surface area contributed by atoms with Gasteiger partial charge in [-0.3, -0.25) is 14.5 Å². The minimum absolute atomic E-state index is 0.244. The van der Waals surface area contributed by atoms with Crippen molar-refractivity contribution in [1.82, 2.24) is 4.90 Å². The van der Waals surface area contributed by atoms with Crippen LogP contribution in [-0.2, 0) is 0 Å². The summed E-state index contributed by atoms with van der Waals surface area (Å²) in [5, 5.41) is 0. The number of fused-ring (bicyclic) bond motifs is 1. The van der Waals surface area contributed by atoms with Crippen molar-refractivity contribution in [3.63, 3.8) is 0 Å². The first-order chi connectivity index (χ1) is 11.7. The highest BCUT2D eigenvalue weighted by atomic mass is 16.2. The predicted octanol–water partition coefficient (Wildman–Crippen LogP) is 4.25. The van der Waals surface area contributed by atoms with Crippen molar-refractivity contribution in [3.8, 4) is 22.3 Å². The lowest BCUT2D eigenvalue weighted by Gasteiger charge is -2.14. The zero-order valence-corrected chi connectivity index (χ0v) is 13.2. The average molecular weight is 313 g/mol. The van der Waals surface area contributed by atoms with Gasteiger partial charge in [-0.25, -0.2) is 0 Å². The van der Waals surface area contributed by atoms with Crippen LogP contribution in [0.5, 0.6) is 0 Å². The van der Waals surface area contributed by atoms with Crippen LogP contribution in [0, 0.1) is 0 Å². The van der Waals surface area contributed by atoms with E-state index >= 15 is 0 Å². The third-order valence-corrected chi connectivity index (χ3v) is 4.41. The van der Waals surface area contributed by atoms with E-state index in [0.717, 1.165) is 22.3 Å². The number of imide groups is 1. The fourth-order valence-electron chi connectivity index (χ4n) is 3.21. The smallest absolute Gasteiger partial charge is 0.261 e. The molecule has 4 rings (SSSR count). The van der Waals surface area contributed by atoms with Gasteiger partial charge in [0, 0.05) is 12.6 Å². The minimum atomic E-state index is -0.244. The number of hydrogen-bond donors (Lipinski definition) is 0. The first-order valence-corrected chi connectivity index (χ1v) is 7.78. The molecule has 116 valence electrons. The Balaban J connectivity index is 2.08. The SMILES string of the molecule is CN1C(=O)c2ccc(-c3ccccc3)c(-c3ccccc3)c2C1=O. The van der Waals surface area contributed by atoms with Crippen LogP contribution < -0.4 is 0 Å². The van der Waals surface area contributed by atoms with Crippen LogP contribution in [0.1, 0.15) is 20.7 Å². The molecule has 0 spiro atoms. The van der Waals surface area contributed by atoms with Crippen LogP contribution in [-0.4, -0.2) is 23.8 Å². The molecule has 0 atom stereocenters. The van der Waals surface area contributed by atoms with E-state index in [1.807, 2.05) is 66.7 Å². The van der Waals surface area contributed by atoms with Crippen molar-refractivity contribution in [1.29, 1.82) is 0 Å².